The Morgan fingerprint density at radius 2 is 1.88 bits per heavy atom. The average molecular weight is 340 g/mol. The summed E-state index contributed by atoms with van der Waals surface area (Å²) in [7, 11) is 0. The lowest BCUT2D eigenvalue weighted by Crippen LogP contribution is -2.48. The number of nitrogens with zero attached hydrogens (tertiary/aromatic N) is 1. The van der Waals surface area contributed by atoms with Gasteiger partial charge in [-0.05, 0) is 55.7 Å². The van der Waals surface area contributed by atoms with Gasteiger partial charge in [-0.25, -0.2) is 4.98 Å². The molecule has 3 atom stereocenters. The highest BCUT2D eigenvalue weighted by Gasteiger charge is 2.30. The van der Waals surface area contributed by atoms with E-state index in [1.807, 2.05) is 42.5 Å². The zero-order valence-electron chi connectivity index (χ0n) is 13.3. The molecule has 3 aromatic rings. The predicted octanol–water partition coefficient (Wildman–Crippen LogP) is 3.58. The van der Waals surface area contributed by atoms with Crippen molar-refractivity contribution in [3.8, 4) is 16.3 Å². The van der Waals surface area contributed by atoms with E-state index >= 15 is 0 Å². The quantitative estimate of drug-likeness (QED) is 0.765. The molecule has 0 radical (unpaired) electrons. The van der Waals surface area contributed by atoms with E-state index in [4.69, 9.17) is 10.5 Å². The number of hydrogen-bond donors (Lipinski definition) is 2. The van der Waals surface area contributed by atoms with Crippen LogP contribution in [0, 0.1) is 0 Å². The summed E-state index contributed by atoms with van der Waals surface area (Å²) in [6, 6.07) is 15.9. The molecule has 2 aromatic carbocycles. The highest BCUT2D eigenvalue weighted by atomic mass is 32.1. The number of aliphatic hydroxyl groups is 1. The lowest BCUT2D eigenvalue weighted by molar-refractivity contribution is -0.00585. The number of thiazole rings is 1. The van der Waals surface area contributed by atoms with Crippen LogP contribution in [0.15, 0.2) is 48.5 Å². The molecule has 4 nitrogen and oxygen atoms in total. The first-order chi connectivity index (χ1) is 11.7. The Morgan fingerprint density at radius 3 is 2.67 bits per heavy atom. The van der Waals surface area contributed by atoms with Crippen LogP contribution in [0.25, 0.3) is 20.8 Å². The standard InChI is InChI=1S/C19H20N2O2S/c20-14-4-3-6-16(18(14)22)23-13-10-8-12(9-11-13)19-21-15-5-1-2-7-17(15)24-19/h1-2,5,7-11,14,16,18,22H,3-4,6,20H2/t14-,16-,18-/m0/s1. The van der Waals surface area contributed by atoms with E-state index in [-0.39, 0.29) is 12.1 Å². The molecule has 1 aliphatic carbocycles. The Bertz CT molecular complexity index is 798. The van der Waals surface area contributed by atoms with Gasteiger partial charge in [0.05, 0.1) is 10.2 Å². The van der Waals surface area contributed by atoms with Crippen LogP contribution in [-0.2, 0) is 0 Å². The molecule has 24 heavy (non-hydrogen) atoms. The van der Waals surface area contributed by atoms with E-state index in [0.717, 1.165) is 41.1 Å². The molecule has 1 aliphatic rings. The van der Waals surface area contributed by atoms with Crippen LogP contribution in [0.3, 0.4) is 0 Å². The molecule has 0 unspecified atom stereocenters. The fourth-order valence-electron chi connectivity index (χ4n) is 3.15. The molecule has 124 valence electrons. The molecule has 4 rings (SSSR count). The maximum absolute atomic E-state index is 10.2. The molecule has 0 amide bonds. The van der Waals surface area contributed by atoms with Gasteiger partial charge in [0.1, 0.15) is 23.0 Å². The Kier molecular flexibility index (Phi) is 4.22. The Morgan fingerprint density at radius 1 is 1.08 bits per heavy atom. The van der Waals surface area contributed by atoms with Gasteiger partial charge in [0.2, 0.25) is 0 Å². The number of para-hydroxylation sites is 1. The summed E-state index contributed by atoms with van der Waals surface area (Å²) in [5.41, 5.74) is 8.02. The van der Waals surface area contributed by atoms with Crippen molar-refractivity contribution in [2.75, 3.05) is 0 Å². The zero-order chi connectivity index (χ0) is 16.5. The first-order valence-corrected chi connectivity index (χ1v) is 9.09. The van der Waals surface area contributed by atoms with Crippen LogP contribution in [-0.4, -0.2) is 28.3 Å². The smallest absolute Gasteiger partial charge is 0.126 e. The molecule has 0 bridgehead atoms. The van der Waals surface area contributed by atoms with Crippen molar-refractivity contribution in [1.82, 2.24) is 4.98 Å². The second kappa shape index (κ2) is 6.51. The molecule has 1 fully saturated rings. The highest BCUT2D eigenvalue weighted by Crippen LogP contribution is 2.31. The average Bonchev–Trinajstić information content (AvgIpc) is 3.04. The molecule has 5 heteroatoms. The number of aromatic nitrogens is 1. The fourth-order valence-corrected chi connectivity index (χ4v) is 4.12. The lowest BCUT2D eigenvalue weighted by Gasteiger charge is -2.32. The minimum Gasteiger partial charge on any atom is -0.488 e. The second-order valence-electron chi connectivity index (χ2n) is 6.25. The molecule has 0 aliphatic heterocycles. The van der Waals surface area contributed by atoms with Gasteiger partial charge in [-0.1, -0.05) is 12.1 Å². The number of aliphatic hydroxyl groups excluding tert-OH is 1. The third kappa shape index (κ3) is 3.02. The van der Waals surface area contributed by atoms with Crippen molar-refractivity contribution in [3.63, 3.8) is 0 Å². The van der Waals surface area contributed by atoms with Gasteiger partial charge in [0, 0.05) is 11.6 Å². The number of rotatable bonds is 3. The van der Waals surface area contributed by atoms with Crippen LogP contribution in [0.4, 0.5) is 0 Å². The highest BCUT2D eigenvalue weighted by molar-refractivity contribution is 7.21. The summed E-state index contributed by atoms with van der Waals surface area (Å²) >= 11 is 1.68. The summed E-state index contributed by atoms with van der Waals surface area (Å²) < 4.78 is 7.13. The van der Waals surface area contributed by atoms with E-state index < -0.39 is 6.10 Å². The number of benzene rings is 2. The van der Waals surface area contributed by atoms with Gasteiger partial charge in [0.25, 0.3) is 0 Å². The first kappa shape index (κ1) is 15.6. The van der Waals surface area contributed by atoms with E-state index in [9.17, 15) is 5.11 Å². The molecule has 0 saturated heterocycles. The maximum Gasteiger partial charge on any atom is 0.126 e. The van der Waals surface area contributed by atoms with Gasteiger partial charge >= 0.3 is 0 Å². The van der Waals surface area contributed by atoms with E-state index in [1.54, 1.807) is 11.3 Å². The second-order valence-corrected chi connectivity index (χ2v) is 7.28. The zero-order valence-corrected chi connectivity index (χ0v) is 14.1. The van der Waals surface area contributed by atoms with Crippen LogP contribution < -0.4 is 10.5 Å². The largest absolute Gasteiger partial charge is 0.488 e. The van der Waals surface area contributed by atoms with Crippen molar-refractivity contribution < 1.29 is 9.84 Å². The van der Waals surface area contributed by atoms with E-state index in [2.05, 4.69) is 11.1 Å². The predicted molar refractivity (Wildman–Crippen MR) is 97.3 cm³/mol. The third-order valence-electron chi connectivity index (χ3n) is 4.53. The Hall–Kier alpha value is -1.95. The van der Waals surface area contributed by atoms with Crippen LogP contribution in [0.2, 0.25) is 0 Å². The SMILES string of the molecule is N[C@H]1CCC[C@H](Oc2ccc(-c3nc4ccccc4s3)cc2)[C@H]1O. The normalized spacial score (nSPS) is 24.2. The molecule has 0 spiro atoms. The molecule has 3 N–H and O–H groups in total. The minimum absolute atomic E-state index is 0.189. The van der Waals surface area contributed by atoms with Crippen LogP contribution in [0.1, 0.15) is 19.3 Å². The summed E-state index contributed by atoms with van der Waals surface area (Å²) in [6.45, 7) is 0. The summed E-state index contributed by atoms with van der Waals surface area (Å²) in [6.07, 6.45) is 1.88. The van der Waals surface area contributed by atoms with E-state index in [1.165, 1.54) is 4.70 Å². The summed E-state index contributed by atoms with van der Waals surface area (Å²) in [5.74, 6) is 0.762. The lowest BCUT2D eigenvalue weighted by atomic mass is 9.90. The Balaban J connectivity index is 1.52. The monoisotopic (exact) mass is 340 g/mol. The topological polar surface area (TPSA) is 68.4 Å². The Labute approximate surface area is 144 Å². The van der Waals surface area contributed by atoms with Crippen LogP contribution in [0.5, 0.6) is 5.75 Å². The number of nitrogens with two attached hydrogens (primary N) is 1. The van der Waals surface area contributed by atoms with Crippen molar-refractivity contribution >= 4 is 21.6 Å². The number of ether oxygens (including phenoxy) is 1. The molecular weight excluding hydrogens is 320 g/mol. The fraction of sp³-hybridized carbons (Fsp3) is 0.316. The summed E-state index contributed by atoms with van der Waals surface area (Å²) in [4.78, 5) is 4.67. The molecule has 1 heterocycles. The van der Waals surface area contributed by atoms with Crippen molar-refractivity contribution in [1.29, 1.82) is 0 Å². The van der Waals surface area contributed by atoms with Gasteiger partial charge < -0.3 is 15.6 Å². The first-order valence-electron chi connectivity index (χ1n) is 8.27. The van der Waals surface area contributed by atoms with Gasteiger partial charge in [0.15, 0.2) is 0 Å². The van der Waals surface area contributed by atoms with Crippen molar-refractivity contribution in [3.05, 3.63) is 48.5 Å². The molecular formula is C19H20N2O2S. The minimum atomic E-state index is -0.595. The number of fused-ring (bicyclic) bond motifs is 1. The van der Waals surface area contributed by atoms with Crippen molar-refractivity contribution in [2.24, 2.45) is 5.73 Å². The van der Waals surface area contributed by atoms with Crippen LogP contribution >= 0.6 is 11.3 Å². The van der Waals surface area contributed by atoms with Crippen molar-refractivity contribution in [2.45, 2.75) is 37.5 Å². The van der Waals surface area contributed by atoms with E-state index in [0.29, 0.717) is 0 Å². The molecule has 1 aromatic heterocycles. The maximum atomic E-state index is 10.2. The number of hydrogen-bond acceptors (Lipinski definition) is 5. The van der Waals surface area contributed by atoms with Gasteiger partial charge in [-0.3, -0.25) is 0 Å². The molecule has 1 saturated carbocycles. The summed E-state index contributed by atoms with van der Waals surface area (Å²) in [5, 5.41) is 11.2. The van der Waals surface area contributed by atoms with Gasteiger partial charge in [-0.15, -0.1) is 11.3 Å². The third-order valence-corrected chi connectivity index (χ3v) is 5.61. The van der Waals surface area contributed by atoms with Gasteiger partial charge in [-0.2, -0.15) is 0 Å².